The third-order valence-electron chi connectivity index (χ3n) is 2.90. The van der Waals surface area contributed by atoms with Gasteiger partial charge < -0.3 is 5.11 Å². The molecule has 70 valence electrons. The van der Waals surface area contributed by atoms with Gasteiger partial charge in [0, 0.05) is 0 Å². The van der Waals surface area contributed by atoms with E-state index in [1.165, 1.54) is 16.7 Å². The summed E-state index contributed by atoms with van der Waals surface area (Å²) in [6.45, 7) is 2.15. The van der Waals surface area contributed by atoms with Crippen LogP contribution in [0.5, 0.6) is 0 Å². The van der Waals surface area contributed by atoms with E-state index in [-0.39, 0.29) is 6.10 Å². The zero-order chi connectivity index (χ0) is 9.26. The second-order valence-corrected chi connectivity index (χ2v) is 3.79. The summed E-state index contributed by atoms with van der Waals surface area (Å²) in [4.78, 5) is 0. The monoisotopic (exact) mass is 176 g/mol. The summed E-state index contributed by atoms with van der Waals surface area (Å²) >= 11 is 0. The van der Waals surface area contributed by atoms with Gasteiger partial charge in [-0.15, -0.1) is 0 Å². The molecule has 0 amide bonds. The Morgan fingerprint density at radius 1 is 1.46 bits per heavy atom. The molecule has 0 saturated carbocycles. The second kappa shape index (κ2) is 3.51. The fourth-order valence-corrected chi connectivity index (χ4v) is 2.04. The average molecular weight is 176 g/mol. The van der Waals surface area contributed by atoms with Gasteiger partial charge in [-0.05, 0) is 42.4 Å². The number of aliphatic hydroxyl groups is 1. The standard InChI is InChI=1S/C12H16O/c1-2-9-6-7-10-4-3-5-12(13)11(10)8-9/h6-8,12-13H,2-5H2,1H3/t12-/m1/s1. The first-order valence-corrected chi connectivity index (χ1v) is 5.11. The van der Waals surface area contributed by atoms with Crippen molar-refractivity contribution in [2.24, 2.45) is 0 Å². The predicted molar refractivity (Wildman–Crippen MR) is 53.7 cm³/mol. The van der Waals surface area contributed by atoms with Crippen LogP contribution < -0.4 is 0 Å². The van der Waals surface area contributed by atoms with Gasteiger partial charge in [-0.1, -0.05) is 25.1 Å². The van der Waals surface area contributed by atoms with Crippen LogP contribution in [-0.2, 0) is 12.8 Å². The normalized spacial score (nSPS) is 21.2. The van der Waals surface area contributed by atoms with Gasteiger partial charge in [-0.25, -0.2) is 0 Å². The number of fused-ring (bicyclic) bond motifs is 1. The Morgan fingerprint density at radius 3 is 3.08 bits per heavy atom. The van der Waals surface area contributed by atoms with Crippen LogP contribution in [0.1, 0.15) is 42.6 Å². The number of hydrogen-bond acceptors (Lipinski definition) is 1. The van der Waals surface area contributed by atoms with E-state index in [1.807, 2.05) is 0 Å². The second-order valence-electron chi connectivity index (χ2n) is 3.79. The molecule has 1 N–H and O–H groups in total. The molecule has 0 bridgehead atoms. The summed E-state index contributed by atoms with van der Waals surface area (Å²) in [5.41, 5.74) is 3.85. The van der Waals surface area contributed by atoms with Gasteiger partial charge in [0.15, 0.2) is 0 Å². The fraction of sp³-hybridized carbons (Fsp3) is 0.500. The molecule has 2 rings (SSSR count). The molecular formula is C12H16O. The topological polar surface area (TPSA) is 20.2 Å². The Labute approximate surface area is 79.4 Å². The van der Waals surface area contributed by atoms with Gasteiger partial charge in [-0.2, -0.15) is 0 Å². The van der Waals surface area contributed by atoms with Crippen LogP contribution in [0, 0.1) is 0 Å². The zero-order valence-corrected chi connectivity index (χ0v) is 8.09. The molecule has 0 saturated heterocycles. The maximum Gasteiger partial charge on any atom is 0.0792 e. The molecule has 0 aliphatic heterocycles. The highest BCUT2D eigenvalue weighted by Gasteiger charge is 2.17. The molecule has 0 fully saturated rings. The van der Waals surface area contributed by atoms with E-state index in [4.69, 9.17) is 0 Å². The van der Waals surface area contributed by atoms with Crippen molar-refractivity contribution in [1.29, 1.82) is 0 Å². The van der Waals surface area contributed by atoms with Gasteiger partial charge in [-0.3, -0.25) is 0 Å². The van der Waals surface area contributed by atoms with Crippen LogP contribution >= 0.6 is 0 Å². The maximum absolute atomic E-state index is 9.78. The average Bonchev–Trinajstić information content (AvgIpc) is 2.18. The van der Waals surface area contributed by atoms with Crippen molar-refractivity contribution in [2.45, 2.75) is 38.7 Å². The number of benzene rings is 1. The van der Waals surface area contributed by atoms with Crippen LogP contribution in [0.2, 0.25) is 0 Å². The molecule has 0 unspecified atom stereocenters. The van der Waals surface area contributed by atoms with Gasteiger partial charge in [0.25, 0.3) is 0 Å². The zero-order valence-electron chi connectivity index (χ0n) is 8.09. The highest BCUT2D eigenvalue weighted by Crippen LogP contribution is 2.30. The summed E-state index contributed by atoms with van der Waals surface area (Å²) < 4.78 is 0. The third-order valence-corrected chi connectivity index (χ3v) is 2.90. The minimum absolute atomic E-state index is 0.213. The van der Waals surface area contributed by atoms with Gasteiger partial charge in [0.1, 0.15) is 0 Å². The molecule has 1 nitrogen and oxygen atoms in total. The van der Waals surface area contributed by atoms with Crippen molar-refractivity contribution in [3.8, 4) is 0 Å². The first-order chi connectivity index (χ1) is 6.31. The number of rotatable bonds is 1. The quantitative estimate of drug-likeness (QED) is 0.697. The minimum Gasteiger partial charge on any atom is -0.388 e. The van der Waals surface area contributed by atoms with Gasteiger partial charge >= 0.3 is 0 Å². The highest BCUT2D eigenvalue weighted by molar-refractivity contribution is 5.35. The number of aliphatic hydroxyl groups excluding tert-OH is 1. The summed E-state index contributed by atoms with van der Waals surface area (Å²) in [6, 6.07) is 6.52. The molecule has 1 heteroatoms. The van der Waals surface area contributed by atoms with Crippen LogP contribution in [-0.4, -0.2) is 5.11 Å². The Hall–Kier alpha value is -0.820. The van der Waals surface area contributed by atoms with Crippen LogP contribution in [0.3, 0.4) is 0 Å². The smallest absolute Gasteiger partial charge is 0.0792 e. The Bertz CT molecular complexity index is 304. The van der Waals surface area contributed by atoms with Gasteiger partial charge in [0.05, 0.1) is 6.10 Å². The Morgan fingerprint density at radius 2 is 2.31 bits per heavy atom. The SMILES string of the molecule is CCc1ccc2c(c1)[C@H](O)CCC2. The third kappa shape index (κ3) is 1.61. The summed E-state index contributed by atoms with van der Waals surface area (Å²) in [5, 5.41) is 9.78. The van der Waals surface area contributed by atoms with Gasteiger partial charge in [0.2, 0.25) is 0 Å². The van der Waals surface area contributed by atoms with E-state index >= 15 is 0 Å². The molecule has 0 spiro atoms. The summed E-state index contributed by atoms with van der Waals surface area (Å²) in [6.07, 6.45) is 4.03. The van der Waals surface area contributed by atoms with Crippen LogP contribution in [0.15, 0.2) is 18.2 Å². The lowest BCUT2D eigenvalue weighted by atomic mass is 9.88. The predicted octanol–water partition coefficient (Wildman–Crippen LogP) is 2.62. The lowest BCUT2D eigenvalue weighted by molar-refractivity contribution is 0.156. The first kappa shape index (κ1) is 8.76. The molecule has 1 aromatic rings. The van der Waals surface area contributed by atoms with Crippen molar-refractivity contribution in [1.82, 2.24) is 0 Å². The minimum atomic E-state index is -0.213. The van der Waals surface area contributed by atoms with E-state index in [1.54, 1.807) is 0 Å². The molecule has 1 aromatic carbocycles. The molecule has 0 aromatic heterocycles. The lowest BCUT2D eigenvalue weighted by Crippen LogP contribution is -2.09. The van der Waals surface area contributed by atoms with Crippen LogP contribution in [0.4, 0.5) is 0 Å². The van der Waals surface area contributed by atoms with E-state index in [0.29, 0.717) is 0 Å². The van der Waals surface area contributed by atoms with Crippen molar-refractivity contribution < 1.29 is 5.11 Å². The fourth-order valence-electron chi connectivity index (χ4n) is 2.04. The Kier molecular flexibility index (Phi) is 2.36. The number of aryl methyl sites for hydroxylation is 2. The summed E-state index contributed by atoms with van der Waals surface area (Å²) in [5.74, 6) is 0. The molecule has 1 aliphatic rings. The molecule has 1 atom stereocenters. The van der Waals surface area contributed by atoms with E-state index < -0.39 is 0 Å². The Balaban J connectivity index is 2.41. The largest absolute Gasteiger partial charge is 0.388 e. The highest BCUT2D eigenvalue weighted by atomic mass is 16.3. The molecule has 1 aliphatic carbocycles. The molecular weight excluding hydrogens is 160 g/mol. The molecule has 0 heterocycles. The van der Waals surface area contributed by atoms with E-state index in [2.05, 4.69) is 25.1 Å². The number of hydrogen-bond donors (Lipinski definition) is 1. The molecule has 0 radical (unpaired) electrons. The van der Waals surface area contributed by atoms with E-state index in [9.17, 15) is 5.11 Å². The first-order valence-electron chi connectivity index (χ1n) is 5.11. The van der Waals surface area contributed by atoms with Crippen molar-refractivity contribution in [2.75, 3.05) is 0 Å². The van der Waals surface area contributed by atoms with Crippen LogP contribution in [0.25, 0.3) is 0 Å². The lowest BCUT2D eigenvalue weighted by Gasteiger charge is -2.21. The van der Waals surface area contributed by atoms with E-state index in [0.717, 1.165) is 25.7 Å². The summed E-state index contributed by atoms with van der Waals surface area (Å²) in [7, 11) is 0. The van der Waals surface area contributed by atoms with Crippen molar-refractivity contribution in [3.63, 3.8) is 0 Å². The maximum atomic E-state index is 9.78. The van der Waals surface area contributed by atoms with Crippen molar-refractivity contribution >= 4 is 0 Å². The molecule has 13 heavy (non-hydrogen) atoms. The van der Waals surface area contributed by atoms with Crippen molar-refractivity contribution in [3.05, 3.63) is 34.9 Å².